The molecule has 3 N–H and O–H groups in total. The highest BCUT2D eigenvalue weighted by molar-refractivity contribution is 7.89. The first-order valence-corrected chi connectivity index (χ1v) is 7.67. The van der Waals surface area contributed by atoms with E-state index in [4.69, 9.17) is 0 Å². The van der Waals surface area contributed by atoms with Crippen molar-refractivity contribution >= 4 is 15.9 Å². The van der Waals surface area contributed by atoms with E-state index in [-0.39, 0.29) is 5.75 Å². The predicted molar refractivity (Wildman–Crippen MR) is 70.6 cm³/mol. The molecule has 2 unspecified atom stereocenters. The molecule has 0 heterocycles. The highest BCUT2D eigenvalue weighted by Gasteiger charge is 2.29. The first-order valence-electron chi connectivity index (χ1n) is 6.02. The van der Waals surface area contributed by atoms with E-state index in [1.807, 2.05) is 0 Å². The summed E-state index contributed by atoms with van der Waals surface area (Å²) >= 11 is 0. The Hall–Kier alpha value is -0.660. The van der Waals surface area contributed by atoms with Crippen LogP contribution in [0.25, 0.3) is 0 Å². The minimum Gasteiger partial charge on any atom is -0.391 e. The van der Waals surface area contributed by atoms with Crippen LogP contribution in [0.4, 0.5) is 0 Å². The van der Waals surface area contributed by atoms with E-state index in [2.05, 4.69) is 10.0 Å². The van der Waals surface area contributed by atoms with Gasteiger partial charge in [0.15, 0.2) is 0 Å². The van der Waals surface area contributed by atoms with Gasteiger partial charge in [-0.3, -0.25) is 4.79 Å². The molecule has 0 saturated heterocycles. The fourth-order valence-electron chi connectivity index (χ4n) is 1.18. The summed E-state index contributed by atoms with van der Waals surface area (Å²) in [6.07, 6.45) is -0.246. The zero-order chi connectivity index (χ0) is 14.6. The average molecular weight is 280 g/mol. The first-order chi connectivity index (χ1) is 8.02. The number of carbonyl (C=O) groups excluding carboxylic acids is 1. The second-order valence-corrected chi connectivity index (χ2v) is 6.92. The van der Waals surface area contributed by atoms with Gasteiger partial charge in [-0.2, -0.15) is 0 Å². The molecule has 0 aliphatic carbocycles. The summed E-state index contributed by atoms with van der Waals surface area (Å²) in [6.45, 7) is 8.12. The zero-order valence-corrected chi connectivity index (χ0v) is 12.5. The first kappa shape index (κ1) is 17.3. The Morgan fingerprint density at radius 2 is 1.83 bits per heavy atom. The Kier molecular flexibility index (Phi) is 6.25. The largest absolute Gasteiger partial charge is 0.391 e. The molecule has 6 nitrogen and oxygen atoms in total. The Morgan fingerprint density at radius 3 is 2.22 bits per heavy atom. The zero-order valence-electron chi connectivity index (χ0n) is 11.6. The van der Waals surface area contributed by atoms with E-state index in [1.54, 1.807) is 27.7 Å². The molecule has 0 radical (unpaired) electrons. The summed E-state index contributed by atoms with van der Waals surface area (Å²) in [7, 11) is -3.43. The third-order valence-electron chi connectivity index (χ3n) is 2.71. The molecule has 0 aromatic rings. The van der Waals surface area contributed by atoms with Gasteiger partial charge in [0.1, 0.15) is 0 Å². The maximum atomic E-state index is 11.8. The average Bonchev–Trinajstić information content (AvgIpc) is 2.15. The van der Waals surface area contributed by atoms with E-state index in [9.17, 15) is 18.3 Å². The van der Waals surface area contributed by atoms with Gasteiger partial charge < -0.3 is 10.4 Å². The van der Waals surface area contributed by atoms with Crippen LogP contribution in [0.1, 0.15) is 41.0 Å². The molecule has 0 saturated carbocycles. The number of amides is 1. The summed E-state index contributed by atoms with van der Waals surface area (Å²) < 4.78 is 25.3. The third-order valence-corrected chi connectivity index (χ3v) is 4.37. The quantitative estimate of drug-likeness (QED) is 0.611. The molecule has 0 aliphatic heterocycles. The molecule has 0 aliphatic rings. The summed E-state index contributed by atoms with van der Waals surface area (Å²) in [5.41, 5.74) is -0.804. The molecule has 0 bridgehead atoms. The van der Waals surface area contributed by atoms with Crippen LogP contribution < -0.4 is 10.0 Å². The number of aliphatic hydroxyl groups excluding tert-OH is 1. The molecule has 0 rings (SSSR count). The standard InChI is InChI=1S/C11H24N2O4S/c1-6-7-18(16,17)13-8(2)10(15)12-11(4,5)9(3)14/h8-9,13-14H,6-7H2,1-5H3,(H,12,15). The molecule has 2 atom stereocenters. The maximum absolute atomic E-state index is 11.8. The van der Waals surface area contributed by atoms with Crippen molar-refractivity contribution < 1.29 is 18.3 Å². The van der Waals surface area contributed by atoms with Gasteiger partial charge >= 0.3 is 0 Å². The van der Waals surface area contributed by atoms with E-state index in [0.29, 0.717) is 6.42 Å². The van der Waals surface area contributed by atoms with Crippen molar-refractivity contribution in [1.29, 1.82) is 0 Å². The van der Waals surface area contributed by atoms with Crippen molar-refractivity contribution in [1.82, 2.24) is 10.0 Å². The summed E-state index contributed by atoms with van der Waals surface area (Å²) in [4.78, 5) is 11.8. The van der Waals surface area contributed by atoms with Crippen LogP contribution in [-0.2, 0) is 14.8 Å². The van der Waals surface area contributed by atoms with Gasteiger partial charge in [0.25, 0.3) is 0 Å². The number of hydrogen-bond acceptors (Lipinski definition) is 4. The lowest BCUT2D eigenvalue weighted by atomic mass is 9.98. The van der Waals surface area contributed by atoms with Gasteiger partial charge in [-0.05, 0) is 34.1 Å². The highest BCUT2D eigenvalue weighted by Crippen LogP contribution is 2.08. The second kappa shape index (κ2) is 6.49. The van der Waals surface area contributed by atoms with E-state index in [1.165, 1.54) is 6.92 Å². The normalized spacial score (nSPS) is 16.1. The fraction of sp³-hybridized carbons (Fsp3) is 0.909. The second-order valence-electron chi connectivity index (χ2n) is 5.05. The van der Waals surface area contributed by atoms with Gasteiger partial charge in [-0.25, -0.2) is 13.1 Å². The molecule has 0 fully saturated rings. The van der Waals surface area contributed by atoms with Gasteiger partial charge in [0, 0.05) is 0 Å². The lowest BCUT2D eigenvalue weighted by Crippen LogP contribution is -2.56. The summed E-state index contributed by atoms with van der Waals surface area (Å²) in [6, 6.07) is -0.862. The third kappa shape index (κ3) is 5.79. The summed E-state index contributed by atoms with van der Waals surface area (Å²) in [5, 5.41) is 12.1. The van der Waals surface area contributed by atoms with E-state index < -0.39 is 33.6 Å². The highest BCUT2D eigenvalue weighted by atomic mass is 32.2. The molecule has 18 heavy (non-hydrogen) atoms. The fourth-order valence-corrected chi connectivity index (χ4v) is 2.48. The van der Waals surface area contributed by atoms with Crippen LogP contribution in [-0.4, -0.2) is 42.9 Å². The van der Waals surface area contributed by atoms with Gasteiger partial charge in [-0.15, -0.1) is 0 Å². The molecule has 0 aromatic carbocycles. The Bertz CT molecular complexity index is 377. The summed E-state index contributed by atoms with van der Waals surface area (Å²) in [5.74, 6) is -0.467. The van der Waals surface area contributed by atoms with Crippen LogP contribution in [0.2, 0.25) is 0 Å². The van der Waals surface area contributed by atoms with Crippen LogP contribution in [0.3, 0.4) is 0 Å². The monoisotopic (exact) mass is 280 g/mol. The van der Waals surface area contributed by atoms with E-state index in [0.717, 1.165) is 0 Å². The SMILES string of the molecule is CCCS(=O)(=O)NC(C)C(=O)NC(C)(C)C(C)O. The Labute approximate surface area is 109 Å². The van der Waals surface area contributed by atoms with Crippen LogP contribution in [0, 0.1) is 0 Å². The lowest BCUT2D eigenvalue weighted by Gasteiger charge is -2.30. The smallest absolute Gasteiger partial charge is 0.238 e. The van der Waals surface area contributed by atoms with Crippen molar-refractivity contribution in [2.45, 2.75) is 58.7 Å². The number of aliphatic hydroxyl groups is 1. The Balaban J connectivity index is 4.54. The number of sulfonamides is 1. The minimum atomic E-state index is -3.43. The molecular formula is C11H24N2O4S. The van der Waals surface area contributed by atoms with Crippen molar-refractivity contribution in [3.8, 4) is 0 Å². The molecule has 7 heteroatoms. The van der Waals surface area contributed by atoms with Crippen molar-refractivity contribution in [3.05, 3.63) is 0 Å². The molecular weight excluding hydrogens is 256 g/mol. The number of carbonyl (C=O) groups is 1. The number of nitrogens with one attached hydrogen (secondary N) is 2. The topological polar surface area (TPSA) is 95.5 Å². The molecule has 108 valence electrons. The van der Waals surface area contributed by atoms with Crippen molar-refractivity contribution in [2.75, 3.05) is 5.75 Å². The van der Waals surface area contributed by atoms with Gasteiger partial charge in [-0.1, -0.05) is 6.92 Å². The number of hydrogen-bond donors (Lipinski definition) is 3. The molecule has 0 spiro atoms. The van der Waals surface area contributed by atoms with Gasteiger partial charge in [0.05, 0.1) is 23.4 Å². The van der Waals surface area contributed by atoms with Crippen LogP contribution in [0.5, 0.6) is 0 Å². The molecule has 0 aromatic heterocycles. The maximum Gasteiger partial charge on any atom is 0.238 e. The van der Waals surface area contributed by atoms with E-state index >= 15 is 0 Å². The van der Waals surface area contributed by atoms with Crippen molar-refractivity contribution in [3.63, 3.8) is 0 Å². The van der Waals surface area contributed by atoms with Crippen LogP contribution in [0.15, 0.2) is 0 Å². The number of rotatable bonds is 7. The predicted octanol–water partition coefficient (Wildman–Crippen LogP) is -0.0201. The van der Waals surface area contributed by atoms with Gasteiger partial charge in [0.2, 0.25) is 15.9 Å². The minimum absolute atomic E-state index is 0.00951. The van der Waals surface area contributed by atoms with Crippen LogP contribution >= 0.6 is 0 Å². The lowest BCUT2D eigenvalue weighted by molar-refractivity contribution is -0.125. The molecule has 1 amide bonds. The van der Waals surface area contributed by atoms with Crippen molar-refractivity contribution in [2.24, 2.45) is 0 Å². The Morgan fingerprint density at radius 1 is 1.33 bits per heavy atom.